The van der Waals surface area contributed by atoms with Gasteiger partial charge in [0.2, 0.25) is 0 Å². The maximum atomic E-state index is 6.49. The molecule has 0 saturated carbocycles. The van der Waals surface area contributed by atoms with Crippen LogP contribution in [0.5, 0.6) is 0 Å². The summed E-state index contributed by atoms with van der Waals surface area (Å²) in [6, 6.07) is 86.2. The largest absolute Gasteiger partial charge is 0.456 e. The molecule has 15 rings (SSSR count). The third kappa shape index (κ3) is 6.57. The number of thiophene rings is 1. The summed E-state index contributed by atoms with van der Waals surface area (Å²) in [5.74, 6) is 0. The lowest BCUT2D eigenvalue weighted by Crippen LogP contribution is -2.15. The summed E-state index contributed by atoms with van der Waals surface area (Å²) < 4.78 is 15.4. The molecule has 4 heteroatoms. The monoisotopic (exact) mass is 951 g/mol. The van der Waals surface area contributed by atoms with E-state index in [-0.39, 0.29) is 5.41 Å². The first-order valence-electron chi connectivity index (χ1n) is 25.0. The Labute approximate surface area is 426 Å². The lowest BCUT2D eigenvalue weighted by Gasteiger charge is -2.26. The summed E-state index contributed by atoms with van der Waals surface area (Å²) in [5.41, 5.74) is 21.4. The van der Waals surface area contributed by atoms with Crippen molar-refractivity contribution < 1.29 is 8.83 Å². The Kier molecular flexibility index (Phi) is 9.17. The second-order valence-corrected chi connectivity index (χ2v) is 21.1. The molecule has 0 N–H and O–H groups in total. The molecule has 3 nitrogen and oxygen atoms in total. The number of hydrogen-bond donors (Lipinski definition) is 0. The van der Waals surface area contributed by atoms with Crippen molar-refractivity contribution in [1.82, 2.24) is 0 Å². The number of nitrogens with zero attached hydrogens (tertiary/aromatic N) is 1. The van der Waals surface area contributed by atoms with Crippen molar-refractivity contribution in [3.05, 3.63) is 248 Å². The van der Waals surface area contributed by atoms with Crippen LogP contribution >= 0.6 is 11.3 Å². The van der Waals surface area contributed by atoms with Gasteiger partial charge in [-0.3, -0.25) is 0 Å². The Morgan fingerprint density at radius 2 is 0.877 bits per heavy atom. The van der Waals surface area contributed by atoms with Gasteiger partial charge in [-0.1, -0.05) is 166 Å². The predicted molar refractivity (Wildman–Crippen MR) is 308 cm³/mol. The Morgan fingerprint density at radius 3 is 1.63 bits per heavy atom. The summed E-state index contributed by atoms with van der Waals surface area (Å²) in [6.07, 6.45) is 0. The molecule has 344 valence electrons. The highest BCUT2D eigenvalue weighted by molar-refractivity contribution is 7.25. The van der Waals surface area contributed by atoms with Crippen molar-refractivity contribution in [3.63, 3.8) is 0 Å². The average molecular weight is 952 g/mol. The van der Waals surface area contributed by atoms with Crippen molar-refractivity contribution in [2.75, 3.05) is 4.90 Å². The minimum atomic E-state index is -0.166. The van der Waals surface area contributed by atoms with E-state index < -0.39 is 0 Å². The molecule has 0 fully saturated rings. The molecule has 0 amide bonds. The number of fused-ring (bicyclic) bond motifs is 12. The summed E-state index contributed by atoms with van der Waals surface area (Å²) in [6.45, 7) is 4.71. The maximum Gasteiger partial charge on any atom is 0.143 e. The fraction of sp³-hybridized carbons (Fsp3) is 0.0435. The predicted octanol–water partition coefficient (Wildman–Crippen LogP) is 20.3. The van der Waals surface area contributed by atoms with Gasteiger partial charge in [-0.2, -0.15) is 0 Å². The van der Waals surface area contributed by atoms with Gasteiger partial charge in [0, 0.05) is 69.8 Å². The van der Waals surface area contributed by atoms with E-state index in [9.17, 15) is 0 Å². The van der Waals surface area contributed by atoms with E-state index in [0.29, 0.717) is 0 Å². The van der Waals surface area contributed by atoms with Crippen LogP contribution in [0.2, 0.25) is 0 Å². The molecule has 3 heterocycles. The molecule has 73 heavy (non-hydrogen) atoms. The maximum absolute atomic E-state index is 6.49. The molecular weight excluding hydrogens is 907 g/mol. The van der Waals surface area contributed by atoms with Gasteiger partial charge < -0.3 is 13.7 Å². The highest BCUT2D eigenvalue weighted by Crippen LogP contribution is 2.52. The van der Waals surface area contributed by atoms with Crippen LogP contribution in [0.25, 0.3) is 120 Å². The van der Waals surface area contributed by atoms with Crippen LogP contribution in [0.4, 0.5) is 17.1 Å². The normalized spacial score (nSPS) is 12.9. The highest BCUT2D eigenvalue weighted by atomic mass is 32.1. The molecule has 0 aliphatic heterocycles. The van der Waals surface area contributed by atoms with Gasteiger partial charge in [-0.25, -0.2) is 0 Å². The summed E-state index contributed by atoms with van der Waals surface area (Å²) in [7, 11) is 0. The molecule has 0 spiro atoms. The Hall–Kier alpha value is -8.96. The van der Waals surface area contributed by atoms with E-state index in [1.165, 1.54) is 70.2 Å². The molecule has 11 aromatic carbocycles. The molecule has 0 radical (unpaired) electrons. The van der Waals surface area contributed by atoms with Gasteiger partial charge in [0.1, 0.15) is 22.3 Å². The summed E-state index contributed by atoms with van der Waals surface area (Å²) in [4.78, 5) is 2.37. The van der Waals surface area contributed by atoms with Gasteiger partial charge in [-0.15, -0.1) is 11.3 Å². The van der Waals surface area contributed by atoms with Gasteiger partial charge in [-0.05, 0) is 146 Å². The van der Waals surface area contributed by atoms with E-state index in [2.05, 4.69) is 237 Å². The van der Waals surface area contributed by atoms with Gasteiger partial charge in [0.05, 0.1) is 0 Å². The molecule has 14 aromatic rings. The number of benzene rings is 11. The second kappa shape index (κ2) is 16.0. The summed E-state index contributed by atoms with van der Waals surface area (Å²) in [5, 5.41) is 7.19. The van der Waals surface area contributed by atoms with E-state index in [4.69, 9.17) is 8.83 Å². The zero-order chi connectivity index (χ0) is 48.4. The van der Waals surface area contributed by atoms with Crippen molar-refractivity contribution in [2.24, 2.45) is 0 Å². The van der Waals surface area contributed by atoms with E-state index in [1.807, 2.05) is 29.5 Å². The first-order valence-corrected chi connectivity index (χ1v) is 25.9. The van der Waals surface area contributed by atoms with Crippen LogP contribution in [0.15, 0.2) is 245 Å². The molecular formula is C69H45NO2S. The molecule has 0 atom stereocenters. The zero-order valence-electron chi connectivity index (χ0n) is 40.2. The highest BCUT2D eigenvalue weighted by Gasteiger charge is 2.36. The first kappa shape index (κ1) is 41.8. The number of furan rings is 2. The number of para-hydroxylation sites is 3. The summed E-state index contributed by atoms with van der Waals surface area (Å²) >= 11 is 1.86. The molecule has 0 unspecified atom stereocenters. The standard InChI is InChI=1S/C69H45NO2S/c1-69(2)60-37-28-45(39-58(60)53-36-27-47(41-61(53)69)52-15-9-16-56-54-11-3-6-17-62(54)72-68(52)56)42-21-30-48(31-22-42)70(49-32-23-43(24-33-49)46-29-38-66-59(40-46)55-12-5-8-20-65(55)73-66)50-34-25-44(26-35-50)51-14-10-19-64-67(51)57-13-4-7-18-63(57)71-64/h3-41H,1-2H3. The van der Waals surface area contributed by atoms with Gasteiger partial charge in [0.25, 0.3) is 0 Å². The van der Waals surface area contributed by atoms with E-state index in [0.717, 1.165) is 77.6 Å². The van der Waals surface area contributed by atoms with Crippen LogP contribution in [-0.2, 0) is 5.41 Å². The first-order chi connectivity index (χ1) is 35.9. The number of anilines is 3. The van der Waals surface area contributed by atoms with Crippen molar-refractivity contribution in [1.29, 1.82) is 0 Å². The van der Waals surface area contributed by atoms with E-state index in [1.54, 1.807) is 0 Å². The third-order valence-corrected chi connectivity index (χ3v) is 16.7. The third-order valence-electron chi connectivity index (χ3n) is 15.5. The fourth-order valence-electron chi connectivity index (χ4n) is 11.8. The Balaban J connectivity index is 0.788. The smallest absolute Gasteiger partial charge is 0.143 e. The fourth-order valence-corrected chi connectivity index (χ4v) is 12.9. The minimum absolute atomic E-state index is 0.166. The van der Waals surface area contributed by atoms with Crippen molar-refractivity contribution in [2.45, 2.75) is 19.3 Å². The molecule has 1 aliphatic carbocycles. The molecule has 0 saturated heterocycles. The number of rotatable bonds is 7. The molecule has 3 aromatic heterocycles. The topological polar surface area (TPSA) is 29.5 Å². The average Bonchev–Trinajstić information content (AvgIpc) is 4.19. The number of hydrogen-bond acceptors (Lipinski definition) is 4. The van der Waals surface area contributed by atoms with E-state index >= 15 is 0 Å². The van der Waals surface area contributed by atoms with Crippen LogP contribution in [-0.4, -0.2) is 0 Å². The van der Waals surface area contributed by atoms with Gasteiger partial charge in [0.15, 0.2) is 0 Å². The Morgan fingerprint density at radius 1 is 0.329 bits per heavy atom. The van der Waals surface area contributed by atoms with Crippen molar-refractivity contribution >= 4 is 92.4 Å². The van der Waals surface area contributed by atoms with Crippen LogP contribution in [0.1, 0.15) is 25.0 Å². The minimum Gasteiger partial charge on any atom is -0.456 e. The van der Waals surface area contributed by atoms with Gasteiger partial charge >= 0.3 is 0 Å². The lowest BCUT2D eigenvalue weighted by molar-refractivity contribution is 0.660. The quantitative estimate of drug-likeness (QED) is 0.159. The van der Waals surface area contributed by atoms with Crippen molar-refractivity contribution in [3.8, 4) is 55.6 Å². The SMILES string of the molecule is CC1(C)c2ccc(-c3ccc(N(c4ccc(-c5ccc6sc7ccccc7c6c5)cc4)c4ccc(-c5cccc6oc7ccccc7c56)cc4)cc3)cc2-c2ccc(-c3cccc4c3oc3ccccc34)cc21. The van der Waals surface area contributed by atoms with Crippen LogP contribution < -0.4 is 4.90 Å². The molecule has 0 bridgehead atoms. The molecule has 1 aliphatic rings. The second-order valence-electron chi connectivity index (χ2n) is 20.0. The Bertz CT molecular complexity index is 4510. The lowest BCUT2D eigenvalue weighted by atomic mass is 9.81. The van der Waals surface area contributed by atoms with Crippen LogP contribution in [0.3, 0.4) is 0 Å². The zero-order valence-corrected chi connectivity index (χ0v) is 41.0. The van der Waals surface area contributed by atoms with Crippen LogP contribution in [0, 0.1) is 0 Å².